The first-order chi connectivity index (χ1) is 12.5. The van der Waals surface area contributed by atoms with Crippen molar-refractivity contribution < 1.29 is 19.1 Å². The highest BCUT2D eigenvalue weighted by atomic mass is 16.5. The molecule has 2 heterocycles. The Bertz CT molecular complexity index is 681. The molecular weight excluding hydrogens is 334 g/mol. The van der Waals surface area contributed by atoms with Crippen LogP contribution in [-0.2, 0) is 19.1 Å². The lowest BCUT2D eigenvalue weighted by atomic mass is 10.1. The van der Waals surface area contributed by atoms with Gasteiger partial charge in [-0.05, 0) is 24.3 Å². The fraction of sp³-hybridized carbons (Fsp3) is 0.526. The molecule has 1 aromatic rings. The lowest BCUT2D eigenvalue weighted by molar-refractivity contribution is -0.145. The van der Waals surface area contributed by atoms with Gasteiger partial charge in [-0.2, -0.15) is 0 Å². The van der Waals surface area contributed by atoms with Crippen LogP contribution >= 0.6 is 0 Å². The zero-order valence-corrected chi connectivity index (χ0v) is 15.3. The second-order valence-electron chi connectivity index (χ2n) is 6.67. The summed E-state index contributed by atoms with van der Waals surface area (Å²) in [7, 11) is 1.35. The molecule has 1 aromatic carbocycles. The number of hydrogen-bond donors (Lipinski definition) is 0. The molecule has 0 bridgehead atoms. The summed E-state index contributed by atoms with van der Waals surface area (Å²) in [6.07, 6.45) is 0.743. The smallest absolute Gasteiger partial charge is 0.311 e. The van der Waals surface area contributed by atoms with Gasteiger partial charge in [-0.3, -0.25) is 14.4 Å². The molecule has 0 spiro atoms. The van der Waals surface area contributed by atoms with Crippen molar-refractivity contribution in [3.05, 3.63) is 24.3 Å². The van der Waals surface area contributed by atoms with E-state index in [0.29, 0.717) is 13.0 Å². The Labute approximate surface area is 153 Å². The average Bonchev–Trinajstić information content (AvgIpc) is 3.08. The molecule has 0 aliphatic carbocycles. The lowest BCUT2D eigenvalue weighted by Gasteiger charge is -2.36. The van der Waals surface area contributed by atoms with Crippen LogP contribution in [0.2, 0.25) is 0 Å². The fourth-order valence-electron chi connectivity index (χ4n) is 3.56. The standard InChI is InChI=1S/C19H25N3O4/c1-3-17(23)21-10-8-20(9-11-21)15-4-6-16(7-5-15)22-13-14(12-18(22)24)19(25)26-2/h4-7,14H,3,8-13H2,1-2H3/t14-/m0/s1. The number of anilines is 2. The van der Waals surface area contributed by atoms with Crippen LogP contribution in [0.5, 0.6) is 0 Å². The third kappa shape index (κ3) is 3.66. The zero-order valence-electron chi connectivity index (χ0n) is 15.3. The topological polar surface area (TPSA) is 70.2 Å². The van der Waals surface area contributed by atoms with Crippen molar-refractivity contribution in [2.24, 2.45) is 5.92 Å². The van der Waals surface area contributed by atoms with Gasteiger partial charge < -0.3 is 19.4 Å². The molecule has 140 valence electrons. The number of methoxy groups -OCH3 is 1. The van der Waals surface area contributed by atoms with E-state index in [2.05, 4.69) is 4.90 Å². The predicted molar refractivity (Wildman–Crippen MR) is 98.0 cm³/mol. The largest absolute Gasteiger partial charge is 0.469 e. The SMILES string of the molecule is CCC(=O)N1CCN(c2ccc(N3C[C@@H](C(=O)OC)CC3=O)cc2)CC1. The number of esters is 1. The number of ether oxygens (including phenoxy) is 1. The van der Waals surface area contributed by atoms with Gasteiger partial charge in [-0.25, -0.2) is 0 Å². The van der Waals surface area contributed by atoms with Crippen molar-refractivity contribution in [1.82, 2.24) is 4.90 Å². The van der Waals surface area contributed by atoms with Gasteiger partial charge in [0.05, 0.1) is 13.0 Å². The van der Waals surface area contributed by atoms with Gasteiger partial charge in [0.25, 0.3) is 0 Å². The summed E-state index contributed by atoms with van der Waals surface area (Å²) in [5.41, 5.74) is 1.87. The second-order valence-corrected chi connectivity index (χ2v) is 6.67. The van der Waals surface area contributed by atoms with Crippen LogP contribution in [0.4, 0.5) is 11.4 Å². The minimum atomic E-state index is -0.392. The molecular formula is C19H25N3O4. The minimum absolute atomic E-state index is 0.0557. The molecule has 26 heavy (non-hydrogen) atoms. The summed E-state index contributed by atoms with van der Waals surface area (Å²) in [5.74, 6) is -0.583. The van der Waals surface area contributed by atoms with Crippen molar-refractivity contribution in [3.8, 4) is 0 Å². The Hall–Kier alpha value is -2.57. The highest BCUT2D eigenvalue weighted by molar-refractivity contribution is 5.99. The summed E-state index contributed by atoms with van der Waals surface area (Å²) >= 11 is 0. The maximum Gasteiger partial charge on any atom is 0.311 e. The molecule has 3 rings (SSSR count). The number of nitrogens with zero attached hydrogens (tertiary/aromatic N) is 3. The van der Waals surface area contributed by atoms with Crippen molar-refractivity contribution in [2.75, 3.05) is 49.6 Å². The lowest BCUT2D eigenvalue weighted by Crippen LogP contribution is -2.48. The number of carbonyl (C=O) groups is 3. The van der Waals surface area contributed by atoms with Gasteiger partial charge in [0.1, 0.15) is 0 Å². The Balaban J connectivity index is 1.62. The van der Waals surface area contributed by atoms with Crippen LogP contribution in [0, 0.1) is 5.92 Å². The van der Waals surface area contributed by atoms with E-state index >= 15 is 0 Å². The molecule has 7 nitrogen and oxygen atoms in total. The number of benzene rings is 1. The predicted octanol–water partition coefficient (Wildman–Crippen LogP) is 1.27. The van der Waals surface area contributed by atoms with Gasteiger partial charge in [0, 0.05) is 56.9 Å². The number of piperazine rings is 1. The van der Waals surface area contributed by atoms with Gasteiger partial charge in [-0.15, -0.1) is 0 Å². The van der Waals surface area contributed by atoms with Gasteiger partial charge in [-0.1, -0.05) is 6.92 Å². The summed E-state index contributed by atoms with van der Waals surface area (Å²) in [4.78, 5) is 41.4. The van der Waals surface area contributed by atoms with Crippen LogP contribution < -0.4 is 9.80 Å². The van der Waals surface area contributed by atoms with E-state index in [0.717, 1.165) is 37.6 Å². The molecule has 2 aliphatic heterocycles. The monoisotopic (exact) mass is 359 g/mol. The summed E-state index contributed by atoms with van der Waals surface area (Å²) < 4.78 is 4.75. The van der Waals surface area contributed by atoms with E-state index in [1.807, 2.05) is 36.1 Å². The summed E-state index contributed by atoms with van der Waals surface area (Å²) in [6, 6.07) is 7.81. The zero-order chi connectivity index (χ0) is 18.7. The maximum absolute atomic E-state index is 12.2. The molecule has 1 atom stereocenters. The van der Waals surface area contributed by atoms with E-state index in [-0.39, 0.29) is 24.2 Å². The Kier molecular flexibility index (Phi) is 5.44. The van der Waals surface area contributed by atoms with Gasteiger partial charge in [0.2, 0.25) is 11.8 Å². The summed E-state index contributed by atoms with van der Waals surface area (Å²) in [6.45, 7) is 5.33. The van der Waals surface area contributed by atoms with Crippen LogP contribution in [0.25, 0.3) is 0 Å². The molecule has 7 heteroatoms. The van der Waals surface area contributed by atoms with Crippen molar-refractivity contribution in [2.45, 2.75) is 19.8 Å². The first-order valence-electron chi connectivity index (χ1n) is 9.04. The Morgan fingerprint density at radius 3 is 2.27 bits per heavy atom. The van der Waals surface area contributed by atoms with Crippen molar-refractivity contribution >= 4 is 29.2 Å². The number of rotatable bonds is 4. The normalized spacial score (nSPS) is 20.5. The highest BCUT2D eigenvalue weighted by Crippen LogP contribution is 2.28. The van der Waals surface area contributed by atoms with E-state index < -0.39 is 5.92 Å². The highest BCUT2D eigenvalue weighted by Gasteiger charge is 2.35. The molecule has 2 saturated heterocycles. The van der Waals surface area contributed by atoms with E-state index in [1.54, 1.807) is 4.90 Å². The molecule has 0 N–H and O–H groups in total. The number of amides is 2. The third-order valence-electron chi connectivity index (χ3n) is 5.12. The van der Waals surface area contributed by atoms with Crippen molar-refractivity contribution in [3.63, 3.8) is 0 Å². The molecule has 2 aliphatic rings. The Morgan fingerprint density at radius 2 is 1.69 bits per heavy atom. The summed E-state index contributed by atoms with van der Waals surface area (Å²) in [5, 5.41) is 0. The van der Waals surface area contributed by atoms with Crippen molar-refractivity contribution in [1.29, 1.82) is 0 Å². The van der Waals surface area contributed by atoms with E-state index in [1.165, 1.54) is 7.11 Å². The van der Waals surface area contributed by atoms with Gasteiger partial charge >= 0.3 is 5.97 Å². The maximum atomic E-state index is 12.2. The fourth-order valence-corrected chi connectivity index (χ4v) is 3.56. The van der Waals surface area contributed by atoms with Crippen LogP contribution in [-0.4, -0.2) is 62.5 Å². The average molecular weight is 359 g/mol. The molecule has 0 radical (unpaired) electrons. The molecule has 2 amide bonds. The van der Waals surface area contributed by atoms with E-state index in [4.69, 9.17) is 4.74 Å². The molecule has 0 aromatic heterocycles. The third-order valence-corrected chi connectivity index (χ3v) is 5.12. The van der Waals surface area contributed by atoms with Crippen LogP contribution in [0.15, 0.2) is 24.3 Å². The molecule has 2 fully saturated rings. The van der Waals surface area contributed by atoms with E-state index in [9.17, 15) is 14.4 Å². The first kappa shape index (κ1) is 18.2. The molecule has 0 saturated carbocycles. The number of hydrogen-bond acceptors (Lipinski definition) is 5. The number of carbonyl (C=O) groups excluding carboxylic acids is 3. The minimum Gasteiger partial charge on any atom is -0.469 e. The first-order valence-corrected chi connectivity index (χ1v) is 9.04. The molecule has 0 unspecified atom stereocenters. The van der Waals surface area contributed by atoms with Crippen LogP contribution in [0.3, 0.4) is 0 Å². The van der Waals surface area contributed by atoms with Gasteiger partial charge in [0.15, 0.2) is 0 Å². The Morgan fingerprint density at radius 1 is 1.08 bits per heavy atom. The second kappa shape index (κ2) is 7.76. The van der Waals surface area contributed by atoms with Crippen LogP contribution in [0.1, 0.15) is 19.8 Å². The quantitative estimate of drug-likeness (QED) is 0.757.